The summed E-state index contributed by atoms with van der Waals surface area (Å²) in [4.78, 5) is 15.1. The van der Waals surface area contributed by atoms with Gasteiger partial charge < -0.3 is 26.3 Å². The van der Waals surface area contributed by atoms with E-state index in [0.29, 0.717) is 17.1 Å². The highest BCUT2D eigenvalue weighted by Crippen LogP contribution is 2.17. The molecule has 0 aromatic carbocycles. The van der Waals surface area contributed by atoms with E-state index in [1.54, 1.807) is 13.0 Å². The van der Waals surface area contributed by atoms with Crippen molar-refractivity contribution in [1.29, 1.82) is 0 Å². The van der Waals surface area contributed by atoms with Crippen LogP contribution in [0.1, 0.15) is 11.4 Å². The van der Waals surface area contributed by atoms with Gasteiger partial charge in [-0.05, 0) is 19.1 Å². The Labute approximate surface area is 110 Å². The molecule has 0 aliphatic carbocycles. The first-order chi connectivity index (χ1) is 8.99. The van der Waals surface area contributed by atoms with E-state index in [0.717, 1.165) is 0 Å². The topological polar surface area (TPSA) is 136 Å². The van der Waals surface area contributed by atoms with Crippen molar-refractivity contribution in [3.8, 4) is 5.75 Å². The Morgan fingerprint density at radius 2 is 2.21 bits per heavy atom. The van der Waals surface area contributed by atoms with Crippen LogP contribution in [0.5, 0.6) is 5.75 Å². The van der Waals surface area contributed by atoms with E-state index in [9.17, 15) is 9.90 Å². The molecule has 1 amide bonds. The van der Waals surface area contributed by atoms with Gasteiger partial charge in [0.1, 0.15) is 5.75 Å². The molecule has 0 bridgehead atoms. The lowest BCUT2D eigenvalue weighted by Crippen LogP contribution is -2.35. The zero-order valence-electron chi connectivity index (χ0n) is 10.7. The van der Waals surface area contributed by atoms with Crippen LogP contribution in [0.4, 0.5) is 4.79 Å². The molecule has 1 heterocycles. The van der Waals surface area contributed by atoms with Crippen LogP contribution in [0, 0.1) is 6.92 Å². The number of nitrogens with one attached hydrogen (secondary N) is 2. The Bertz CT molecular complexity index is 501. The molecule has 0 radical (unpaired) electrons. The number of aromatic nitrogens is 1. The van der Waals surface area contributed by atoms with Crippen molar-refractivity contribution in [2.75, 3.05) is 13.7 Å². The predicted octanol–water partition coefficient (Wildman–Crippen LogP) is -0.458. The number of hydrogen-bond acceptors (Lipinski definition) is 7. The third kappa shape index (κ3) is 3.75. The van der Waals surface area contributed by atoms with Crippen LogP contribution in [0.3, 0.4) is 0 Å². The number of hydrogen-bond donors (Lipinski definition) is 5. The molecule has 0 aliphatic heterocycles. The van der Waals surface area contributed by atoms with E-state index in [1.165, 1.54) is 13.2 Å². The second-order valence-corrected chi connectivity index (χ2v) is 3.68. The Morgan fingerprint density at radius 1 is 1.53 bits per heavy atom. The summed E-state index contributed by atoms with van der Waals surface area (Å²) in [6, 6.07) is 3.03. The lowest BCUT2D eigenvalue weighted by Gasteiger charge is -2.12. The molecule has 7 N–H and O–H groups in total. The number of carbonyl (C=O) groups excluding carboxylic acids is 1. The molecular weight excluding hydrogens is 250 g/mol. The lowest BCUT2D eigenvalue weighted by atomic mass is 10.2. The van der Waals surface area contributed by atoms with Gasteiger partial charge >= 0.3 is 6.09 Å². The summed E-state index contributed by atoms with van der Waals surface area (Å²) in [6.45, 7) is 1.71. The Hall–Kier alpha value is -2.48. The molecule has 19 heavy (non-hydrogen) atoms. The van der Waals surface area contributed by atoms with Crippen molar-refractivity contribution in [2.24, 2.45) is 11.6 Å². The minimum Gasteiger partial charge on any atom is -0.506 e. The van der Waals surface area contributed by atoms with Gasteiger partial charge in [0.25, 0.3) is 0 Å². The molecule has 8 heteroatoms. The van der Waals surface area contributed by atoms with Gasteiger partial charge in [-0.3, -0.25) is 5.84 Å². The quantitative estimate of drug-likeness (QED) is 0.368. The van der Waals surface area contributed by atoms with Crippen molar-refractivity contribution in [1.82, 2.24) is 15.7 Å². The van der Waals surface area contributed by atoms with Crippen molar-refractivity contribution in [3.63, 3.8) is 0 Å². The second kappa shape index (κ2) is 6.45. The van der Waals surface area contributed by atoms with Gasteiger partial charge in [0.15, 0.2) is 0 Å². The standard InChI is InChI=1S/C11H17N5O3/c1-6-9(17)4-3-7(15-6)10(12)8(16-13)5-14-11(18)19-2/h3-4,16-17H,5,12-13H2,1-2H3,(H,14,18)/b10-8-. The van der Waals surface area contributed by atoms with Gasteiger partial charge in [-0.1, -0.05) is 0 Å². The third-order valence-corrected chi connectivity index (χ3v) is 2.43. The van der Waals surface area contributed by atoms with E-state index in [2.05, 4.69) is 20.5 Å². The fourth-order valence-electron chi connectivity index (χ4n) is 1.32. The lowest BCUT2D eigenvalue weighted by molar-refractivity contribution is 0.172. The summed E-state index contributed by atoms with van der Waals surface area (Å²) >= 11 is 0. The predicted molar refractivity (Wildman–Crippen MR) is 69.5 cm³/mol. The van der Waals surface area contributed by atoms with Gasteiger partial charge in [0.2, 0.25) is 0 Å². The number of aromatic hydroxyl groups is 1. The van der Waals surface area contributed by atoms with Crippen molar-refractivity contribution >= 4 is 11.8 Å². The zero-order chi connectivity index (χ0) is 14.4. The van der Waals surface area contributed by atoms with Crippen molar-refractivity contribution < 1.29 is 14.6 Å². The SMILES string of the molecule is COC(=O)NC/C(NN)=C(/N)c1ccc(O)c(C)n1. The molecule has 1 aromatic rings. The fraction of sp³-hybridized carbons (Fsp3) is 0.273. The molecule has 104 valence electrons. The molecule has 0 fully saturated rings. The van der Waals surface area contributed by atoms with Gasteiger partial charge in [0.05, 0.1) is 36.4 Å². The van der Waals surface area contributed by atoms with E-state index in [4.69, 9.17) is 11.6 Å². The Balaban J connectivity index is 2.96. The first-order valence-corrected chi connectivity index (χ1v) is 5.43. The first kappa shape index (κ1) is 14.6. The molecule has 0 atom stereocenters. The number of nitrogens with two attached hydrogens (primary N) is 2. The highest BCUT2D eigenvalue weighted by molar-refractivity contribution is 5.69. The summed E-state index contributed by atoms with van der Waals surface area (Å²) in [5.41, 5.74) is 9.82. The number of aryl methyl sites for hydroxylation is 1. The number of carbonyl (C=O) groups is 1. The van der Waals surface area contributed by atoms with Gasteiger partial charge in [-0.2, -0.15) is 0 Å². The molecule has 0 unspecified atom stereocenters. The molecular formula is C11H17N5O3. The maximum atomic E-state index is 11.0. The van der Waals surface area contributed by atoms with Crippen LogP contribution in [0.25, 0.3) is 5.70 Å². The van der Waals surface area contributed by atoms with E-state index < -0.39 is 6.09 Å². The van der Waals surface area contributed by atoms with Crippen LogP contribution < -0.4 is 22.3 Å². The number of hydrazine groups is 1. The average Bonchev–Trinajstić information content (AvgIpc) is 2.41. The van der Waals surface area contributed by atoms with Crippen LogP contribution >= 0.6 is 0 Å². The second-order valence-electron chi connectivity index (χ2n) is 3.68. The number of rotatable bonds is 4. The van der Waals surface area contributed by atoms with Crippen LogP contribution in [-0.2, 0) is 4.74 Å². The van der Waals surface area contributed by atoms with Crippen LogP contribution in [0.2, 0.25) is 0 Å². The van der Waals surface area contributed by atoms with E-state index in [1.807, 2.05) is 0 Å². The number of amides is 1. The zero-order valence-corrected chi connectivity index (χ0v) is 10.7. The monoisotopic (exact) mass is 267 g/mol. The van der Waals surface area contributed by atoms with Gasteiger partial charge in [0, 0.05) is 0 Å². The minimum atomic E-state index is -0.601. The molecule has 0 saturated heterocycles. The van der Waals surface area contributed by atoms with Crippen LogP contribution in [-0.4, -0.2) is 29.8 Å². The maximum absolute atomic E-state index is 11.0. The average molecular weight is 267 g/mol. The summed E-state index contributed by atoms with van der Waals surface area (Å²) < 4.78 is 4.43. The minimum absolute atomic E-state index is 0.0661. The third-order valence-electron chi connectivity index (χ3n) is 2.43. The number of ether oxygens (including phenoxy) is 1. The number of pyridine rings is 1. The first-order valence-electron chi connectivity index (χ1n) is 5.43. The Kier molecular flexibility index (Phi) is 4.95. The number of nitrogens with zero attached hydrogens (tertiary/aromatic N) is 1. The molecule has 0 spiro atoms. The highest BCUT2D eigenvalue weighted by Gasteiger charge is 2.09. The van der Waals surface area contributed by atoms with E-state index >= 15 is 0 Å². The number of methoxy groups -OCH3 is 1. The maximum Gasteiger partial charge on any atom is 0.407 e. The normalized spacial score (nSPS) is 11.5. The highest BCUT2D eigenvalue weighted by atomic mass is 16.5. The largest absolute Gasteiger partial charge is 0.506 e. The van der Waals surface area contributed by atoms with Gasteiger partial charge in [-0.25, -0.2) is 9.78 Å². The van der Waals surface area contributed by atoms with Crippen molar-refractivity contribution in [2.45, 2.75) is 6.92 Å². The van der Waals surface area contributed by atoms with E-state index in [-0.39, 0.29) is 18.0 Å². The smallest absolute Gasteiger partial charge is 0.407 e. The van der Waals surface area contributed by atoms with Crippen LogP contribution in [0.15, 0.2) is 17.8 Å². The summed E-state index contributed by atoms with van der Waals surface area (Å²) in [5.74, 6) is 5.42. The summed E-state index contributed by atoms with van der Waals surface area (Å²) in [7, 11) is 1.25. The number of alkyl carbamates (subject to hydrolysis) is 1. The Morgan fingerprint density at radius 3 is 2.74 bits per heavy atom. The molecule has 8 nitrogen and oxygen atoms in total. The molecule has 0 saturated carbocycles. The van der Waals surface area contributed by atoms with Gasteiger partial charge in [-0.15, -0.1) is 0 Å². The summed E-state index contributed by atoms with van der Waals surface area (Å²) in [5, 5.41) is 11.8. The molecule has 1 rings (SSSR count). The fourth-order valence-corrected chi connectivity index (χ4v) is 1.32. The van der Waals surface area contributed by atoms with Crippen molar-refractivity contribution in [3.05, 3.63) is 29.2 Å². The molecule has 0 aliphatic rings. The molecule has 1 aromatic heterocycles. The summed E-state index contributed by atoms with van der Waals surface area (Å²) in [6.07, 6.45) is -0.601.